The Morgan fingerprint density at radius 2 is 1.45 bits per heavy atom. The number of para-hydroxylation sites is 2. The lowest BCUT2D eigenvalue weighted by atomic mass is 9.95. The van der Waals surface area contributed by atoms with Crippen LogP contribution >= 0.6 is 0 Å². The van der Waals surface area contributed by atoms with Gasteiger partial charge in [-0.2, -0.15) is 8.97 Å². The van der Waals surface area contributed by atoms with Crippen molar-refractivity contribution in [2.75, 3.05) is 0 Å². The third-order valence-corrected chi connectivity index (χ3v) is 8.80. The van der Waals surface area contributed by atoms with Gasteiger partial charge in [0, 0.05) is 17.2 Å². The maximum atomic E-state index is 6.76. The van der Waals surface area contributed by atoms with E-state index in [2.05, 4.69) is 79.3 Å². The monoisotopic (exact) mass is 583 g/mol. The molecule has 0 radical (unpaired) electrons. The van der Waals surface area contributed by atoms with E-state index in [1.807, 2.05) is 63.0 Å². The highest BCUT2D eigenvalue weighted by molar-refractivity contribution is 6.13. The Morgan fingerprint density at radius 1 is 0.750 bits per heavy atom. The summed E-state index contributed by atoms with van der Waals surface area (Å²) in [5.41, 5.74) is 10.3. The van der Waals surface area contributed by atoms with E-state index in [0.29, 0.717) is 23.2 Å². The van der Waals surface area contributed by atoms with E-state index in [1.54, 1.807) is 0 Å². The summed E-state index contributed by atoms with van der Waals surface area (Å²) in [6.45, 7) is 12.6. The summed E-state index contributed by atoms with van der Waals surface area (Å²) in [5.74, 6) is 3.12. The zero-order chi connectivity index (χ0) is 30.9. The normalized spacial score (nSPS) is 11.8. The van der Waals surface area contributed by atoms with Gasteiger partial charge >= 0.3 is 5.88 Å². The molecule has 0 bridgehead atoms. The molecule has 0 N–H and O–H groups in total. The van der Waals surface area contributed by atoms with E-state index < -0.39 is 0 Å². The number of hydrogen-bond donors (Lipinski definition) is 0. The zero-order valence-electron chi connectivity index (χ0n) is 26.6. The van der Waals surface area contributed by atoms with Crippen LogP contribution in [0.1, 0.15) is 47.8 Å². The van der Waals surface area contributed by atoms with Crippen molar-refractivity contribution in [3.8, 4) is 23.1 Å². The molecular formula is C37H37N5O2+2. The molecule has 0 aliphatic carbocycles. The van der Waals surface area contributed by atoms with E-state index >= 15 is 0 Å². The number of benzene rings is 2. The predicted molar refractivity (Wildman–Crippen MR) is 174 cm³/mol. The van der Waals surface area contributed by atoms with Crippen LogP contribution in [-0.4, -0.2) is 14.4 Å². The Bertz CT molecular complexity index is 2280. The van der Waals surface area contributed by atoms with E-state index in [4.69, 9.17) is 19.4 Å². The molecule has 0 saturated carbocycles. The molecule has 0 unspecified atom stereocenters. The van der Waals surface area contributed by atoms with Crippen molar-refractivity contribution < 1.29 is 18.6 Å². The number of fused-ring (bicyclic) bond motifs is 8. The zero-order valence-corrected chi connectivity index (χ0v) is 26.6. The fraction of sp³-hybridized carbons (Fsp3) is 0.243. The first kappa shape index (κ1) is 27.8. The van der Waals surface area contributed by atoms with Gasteiger partial charge in [0.15, 0.2) is 28.7 Å². The summed E-state index contributed by atoms with van der Waals surface area (Å²) < 4.78 is 19.8. The third-order valence-electron chi connectivity index (χ3n) is 8.80. The highest BCUT2D eigenvalue weighted by Gasteiger charge is 2.28. The maximum Gasteiger partial charge on any atom is 0.373 e. The van der Waals surface area contributed by atoms with Crippen molar-refractivity contribution in [2.24, 2.45) is 14.1 Å². The van der Waals surface area contributed by atoms with E-state index in [1.165, 1.54) is 10.9 Å². The second-order valence-electron chi connectivity index (χ2n) is 12.0. The van der Waals surface area contributed by atoms with Crippen LogP contribution in [0.15, 0.2) is 73.1 Å². The second-order valence-corrected chi connectivity index (χ2v) is 12.0. The molecule has 7 nitrogen and oxygen atoms in total. The van der Waals surface area contributed by atoms with Gasteiger partial charge in [-0.1, -0.05) is 38.1 Å². The van der Waals surface area contributed by atoms with Crippen molar-refractivity contribution >= 4 is 38.5 Å². The molecule has 2 aromatic carbocycles. The van der Waals surface area contributed by atoms with Gasteiger partial charge in [-0.05, 0) is 63.4 Å². The van der Waals surface area contributed by atoms with Crippen LogP contribution in [0.25, 0.3) is 38.5 Å². The minimum atomic E-state index is 0.335. The smallest absolute Gasteiger partial charge is 0.373 e. The minimum Gasteiger partial charge on any atom is -0.453 e. The number of aryl methyl sites for hydroxylation is 5. The first-order valence-corrected chi connectivity index (χ1v) is 15.1. The summed E-state index contributed by atoms with van der Waals surface area (Å²) in [4.78, 5) is 9.97. The molecule has 7 aromatic rings. The maximum absolute atomic E-state index is 6.76. The molecule has 0 aliphatic heterocycles. The van der Waals surface area contributed by atoms with Crippen LogP contribution in [0.3, 0.4) is 0 Å². The van der Waals surface area contributed by atoms with Crippen molar-refractivity contribution in [1.82, 2.24) is 14.4 Å². The number of ether oxygens (including phenoxy) is 2. The Kier molecular flexibility index (Phi) is 6.50. The summed E-state index contributed by atoms with van der Waals surface area (Å²) in [6, 6.07) is 21.0. The van der Waals surface area contributed by atoms with Crippen molar-refractivity contribution in [2.45, 2.75) is 47.5 Å². The van der Waals surface area contributed by atoms with Gasteiger partial charge < -0.3 is 9.47 Å². The van der Waals surface area contributed by atoms with Gasteiger partial charge in [0.05, 0.1) is 47.0 Å². The summed E-state index contributed by atoms with van der Waals surface area (Å²) in [6.07, 6.45) is 3.83. The van der Waals surface area contributed by atoms with E-state index in [0.717, 1.165) is 61.5 Å². The van der Waals surface area contributed by atoms with Crippen LogP contribution in [0, 0.1) is 27.7 Å². The van der Waals surface area contributed by atoms with Gasteiger partial charge in [0.2, 0.25) is 0 Å². The number of hydrogen-bond acceptors (Lipinski definition) is 4. The van der Waals surface area contributed by atoms with Gasteiger partial charge in [-0.15, -0.1) is 0 Å². The fourth-order valence-corrected chi connectivity index (χ4v) is 6.60. The van der Waals surface area contributed by atoms with E-state index in [-0.39, 0.29) is 0 Å². The molecule has 5 aromatic heterocycles. The molecule has 0 saturated heterocycles. The molecule has 220 valence electrons. The fourth-order valence-electron chi connectivity index (χ4n) is 6.60. The Morgan fingerprint density at radius 3 is 2.20 bits per heavy atom. The quantitative estimate of drug-likeness (QED) is 0.153. The SMILES string of the molecule is Cc1nc(C)c(Oc2cccc[n+]2C)c(C)c1Oc1cnc2c3c(C(C)C)cccc3n3c4ccccc4[n+](C)c3c2c1C. The molecule has 44 heavy (non-hydrogen) atoms. The number of nitrogens with zero attached hydrogens (tertiary/aromatic N) is 5. The lowest BCUT2D eigenvalue weighted by Gasteiger charge is -2.18. The average molecular weight is 584 g/mol. The lowest BCUT2D eigenvalue weighted by Crippen LogP contribution is -2.29. The molecule has 5 heterocycles. The molecular weight excluding hydrogens is 546 g/mol. The van der Waals surface area contributed by atoms with Crippen molar-refractivity contribution in [3.05, 3.63) is 101 Å². The van der Waals surface area contributed by atoms with Crippen LogP contribution in [0.5, 0.6) is 23.1 Å². The minimum absolute atomic E-state index is 0.335. The molecule has 0 fully saturated rings. The predicted octanol–water partition coefficient (Wildman–Crippen LogP) is 7.78. The number of rotatable bonds is 5. The molecule has 7 rings (SSSR count). The second kappa shape index (κ2) is 10.3. The highest BCUT2D eigenvalue weighted by Crippen LogP contribution is 2.41. The van der Waals surface area contributed by atoms with Crippen molar-refractivity contribution in [1.29, 1.82) is 0 Å². The van der Waals surface area contributed by atoms with Gasteiger partial charge in [-0.3, -0.25) is 9.97 Å². The molecule has 0 aliphatic rings. The first-order valence-electron chi connectivity index (χ1n) is 15.1. The largest absolute Gasteiger partial charge is 0.453 e. The number of aromatic nitrogens is 5. The topological polar surface area (TPSA) is 56.4 Å². The average Bonchev–Trinajstić information content (AvgIpc) is 3.31. The van der Waals surface area contributed by atoms with Crippen molar-refractivity contribution in [3.63, 3.8) is 0 Å². The highest BCUT2D eigenvalue weighted by atomic mass is 16.5. The standard InChI is InChI=1S/C37H37N5O2/c1-21(2)26-14-13-17-29-33(26)34-32(37-41(8)27-15-9-10-16-28(27)42(29)37)22(3)30(20-38-34)43-35-23(4)36(25(6)39-24(35)5)44-31-18-11-12-19-40(31)7/h9-21H,1-8H3/q+2. The molecule has 0 spiro atoms. The summed E-state index contributed by atoms with van der Waals surface area (Å²) >= 11 is 0. The summed E-state index contributed by atoms with van der Waals surface area (Å²) in [5, 5.41) is 2.25. The van der Waals surface area contributed by atoms with Gasteiger partial charge in [0.1, 0.15) is 18.3 Å². The van der Waals surface area contributed by atoms with Gasteiger partial charge in [-0.25, -0.2) is 4.57 Å². The molecule has 7 heteroatoms. The Labute approximate surface area is 257 Å². The molecule has 0 amide bonds. The summed E-state index contributed by atoms with van der Waals surface area (Å²) in [7, 11) is 4.09. The van der Waals surface area contributed by atoms with Crippen LogP contribution < -0.4 is 18.6 Å². The third kappa shape index (κ3) is 4.10. The lowest BCUT2D eigenvalue weighted by molar-refractivity contribution is -0.675. The number of imidazole rings is 1. The Balaban J connectivity index is 1.49. The molecule has 0 atom stereocenters. The Hall–Kier alpha value is -5.04. The van der Waals surface area contributed by atoms with Crippen LogP contribution in [0.2, 0.25) is 0 Å². The van der Waals surface area contributed by atoms with E-state index in [9.17, 15) is 0 Å². The number of pyridine rings is 4. The van der Waals surface area contributed by atoms with Crippen LogP contribution in [-0.2, 0) is 14.1 Å². The van der Waals surface area contributed by atoms with Crippen LogP contribution in [0.4, 0.5) is 0 Å². The first-order chi connectivity index (χ1) is 21.2. The van der Waals surface area contributed by atoms with Gasteiger partial charge in [0.25, 0.3) is 5.65 Å².